The van der Waals surface area contributed by atoms with Gasteiger partial charge in [-0.05, 0) is 33.0 Å². The lowest BCUT2D eigenvalue weighted by Gasteiger charge is -2.12. The molecule has 5 nitrogen and oxygen atoms in total. The molecule has 3 aromatic rings. The van der Waals surface area contributed by atoms with Gasteiger partial charge < -0.3 is 5.32 Å². The second-order valence-electron chi connectivity index (χ2n) is 5.01. The van der Waals surface area contributed by atoms with Gasteiger partial charge in [-0.15, -0.1) is 0 Å². The molecule has 0 bridgehead atoms. The van der Waals surface area contributed by atoms with Crippen LogP contribution in [0.4, 0.5) is 0 Å². The lowest BCUT2D eigenvalue weighted by molar-refractivity contribution is 0.777. The van der Waals surface area contributed by atoms with E-state index < -0.39 is 0 Å². The molecule has 0 aliphatic rings. The summed E-state index contributed by atoms with van der Waals surface area (Å²) in [7, 11) is 1.95. The molecule has 2 heterocycles. The van der Waals surface area contributed by atoms with Crippen LogP contribution in [0.2, 0.25) is 0 Å². The number of hydrogen-bond donors (Lipinski definition) is 1. The van der Waals surface area contributed by atoms with Gasteiger partial charge in [-0.3, -0.25) is 4.57 Å². The first-order valence-corrected chi connectivity index (χ1v) is 7.01. The first kappa shape index (κ1) is 13.6. The van der Waals surface area contributed by atoms with Crippen LogP contribution in [0.25, 0.3) is 11.5 Å². The Morgan fingerprint density at radius 3 is 2.52 bits per heavy atom. The normalized spacial score (nSPS) is 11.0. The molecule has 3 rings (SSSR count). The number of nitrogens with one attached hydrogen (secondary N) is 1. The molecule has 0 saturated heterocycles. The highest BCUT2D eigenvalue weighted by Gasteiger charge is 2.18. The Morgan fingerprint density at radius 1 is 1.14 bits per heavy atom. The summed E-state index contributed by atoms with van der Waals surface area (Å²) in [6.45, 7) is 4.81. The summed E-state index contributed by atoms with van der Waals surface area (Å²) in [6, 6.07) is 10.2. The van der Waals surface area contributed by atoms with Crippen LogP contribution in [0.5, 0.6) is 0 Å². The molecule has 0 atom stereocenters. The van der Waals surface area contributed by atoms with Gasteiger partial charge in [-0.2, -0.15) is 5.10 Å². The van der Waals surface area contributed by atoms with Crippen molar-refractivity contribution in [3.05, 3.63) is 59.8 Å². The fourth-order valence-electron chi connectivity index (χ4n) is 2.53. The van der Waals surface area contributed by atoms with Gasteiger partial charge in [0.15, 0.2) is 0 Å². The lowest BCUT2D eigenvalue weighted by atomic mass is 10.2. The molecule has 2 aromatic heterocycles. The maximum Gasteiger partial charge on any atom is 0.146 e. The molecule has 0 aliphatic carbocycles. The Hall–Kier alpha value is -2.40. The van der Waals surface area contributed by atoms with Crippen LogP contribution in [-0.2, 0) is 6.54 Å². The van der Waals surface area contributed by atoms with E-state index in [1.807, 2.05) is 56.2 Å². The van der Waals surface area contributed by atoms with Crippen molar-refractivity contribution in [3.63, 3.8) is 0 Å². The Balaban J connectivity index is 2.26. The quantitative estimate of drug-likeness (QED) is 0.799. The Kier molecular flexibility index (Phi) is 3.58. The minimum Gasteiger partial charge on any atom is -0.315 e. The number of aromatic nitrogens is 4. The van der Waals surface area contributed by atoms with Crippen molar-refractivity contribution in [3.8, 4) is 11.5 Å². The fourth-order valence-corrected chi connectivity index (χ4v) is 2.53. The van der Waals surface area contributed by atoms with Crippen molar-refractivity contribution in [2.24, 2.45) is 0 Å². The molecule has 0 amide bonds. The van der Waals surface area contributed by atoms with Crippen LogP contribution in [0.15, 0.2) is 42.7 Å². The minimum absolute atomic E-state index is 0.769. The highest BCUT2D eigenvalue weighted by Crippen LogP contribution is 2.23. The van der Waals surface area contributed by atoms with Gasteiger partial charge in [0.05, 0.1) is 11.4 Å². The summed E-state index contributed by atoms with van der Waals surface area (Å²) < 4.78 is 4.07. The SMILES string of the molecule is CNCc1c(C)nn(-c2ccccc2)c1-n1ccnc1C. The van der Waals surface area contributed by atoms with Crippen molar-refractivity contribution in [1.29, 1.82) is 0 Å². The Morgan fingerprint density at radius 2 is 1.90 bits per heavy atom. The van der Waals surface area contributed by atoms with E-state index in [-0.39, 0.29) is 0 Å². The fraction of sp³-hybridized carbons (Fsp3) is 0.250. The minimum atomic E-state index is 0.769. The van der Waals surface area contributed by atoms with Crippen molar-refractivity contribution in [2.75, 3.05) is 7.05 Å². The Bertz CT molecular complexity index is 739. The van der Waals surface area contributed by atoms with Gasteiger partial charge in [0.2, 0.25) is 0 Å². The number of aryl methyl sites for hydroxylation is 2. The second-order valence-corrected chi connectivity index (χ2v) is 5.01. The molecule has 0 radical (unpaired) electrons. The first-order valence-electron chi connectivity index (χ1n) is 7.01. The molecule has 108 valence electrons. The van der Waals surface area contributed by atoms with Crippen LogP contribution < -0.4 is 5.32 Å². The summed E-state index contributed by atoms with van der Waals surface area (Å²) in [5.74, 6) is 1.99. The summed E-state index contributed by atoms with van der Waals surface area (Å²) in [4.78, 5) is 4.34. The maximum atomic E-state index is 4.72. The molecule has 0 fully saturated rings. The van der Waals surface area contributed by atoms with Gasteiger partial charge in [0.25, 0.3) is 0 Å². The molecule has 0 spiro atoms. The smallest absolute Gasteiger partial charge is 0.146 e. The largest absolute Gasteiger partial charge is 0.315 e. The molecule has 0 aliphatic heterocycles. The van der Waals surface area contributed by atoms with E-state index in [0.717, 1.165) is 29.6 Å². The van der Waals surface area contributed by atoms with Crippen molar-refractivity contribution in [1.82, 2.24) is 24.6 Å². The maximum absolute atomic E-state index is 4.72. The molecule has 0 unspecified atom stereocenters. The van der Waals surface area contributed by atoms with E-state index in [2.05, 4.69) is 27.0 Å². The van der Waals surface area contributed by atoms with Crippen molar-refractivity contribution in [2.45, 2.75) is 20.4 Å². The van der Waals surface area contributed by atoms with Crippen molar-refractivity contribution >= 4 is 0 Å². The van der Waals surface area contributed by atoms with Crippen LogP contribution in [0, 0.1) is 13.8 Å². The molecular formula is C16H19N5. The molecule has 1 N–H and O–H groups in total. The number of benzene rings is 1. The van der Waals surface area contributed by atoms with Gasteiger partial charge in [-0.1, -0.05) is 18.2 Å². The van der Waals surface area contributed by atoms with E-state index in [9.17, 15) is 0 Å². The standard InChI is InChI=1S/C16H19N5/c1-12-15(11-17-3)16(20-10-9-18-13(20)2)21(19-12)14-7-5-4-6-8-14/h4-10,17H,11H2,1-3H3. The van der Waals surface area contributed by atoms with E-state index in [1.54, 1.807) is 0 Å². The molecule has 1 aromatic carbocycles. The molecule has 21 heavy (non-hydrogen) atoms. The van der Waals surface area contributed by atoms with Crippen LogP contribution in [0.3, 0.4) is 0 Å². The topological polar surface area (TPSA) is 47.7 Å². The highest BCUT2D eigenvalue weighted by atomic mass is 15.4. The van der Waals surface area contributed by atoms with Gasteiger partial charge in [0.1, 0.15) is 11.6 Å². The average Bonchev–Trinajstić information content (AvgIpc) is 3.05. The number of nitrogens with zero attached hydrogens (tertiary/aromatic N) is 4. The third-order valence-electron chi connectivity index (χ3n) is 3.57. The van der Waals surface area contributed by atoms with E-state index in [1.165, 1.54) is 5.56 Å². The first-order chi connectivity index (χ1) is 10.2. The lowest BCUT2D eigenvalue weighted by Crippen LogP contribution is -2.12. The summed E-state index contributed by atoms with van der Waals surface area (Å²) in [5.41, 5.74) is 3.25. The van der Waals surface area contributed by atoms with E-state index in [4.69, 9.17) is 5.10 Å². The summed E-state index contributed by atoms with van der Waals surface area (Å²) in [6.07, 6.45) is 3.79. The summed E-state index contributed by atoms with van der Waals surface area (Å²) >= 11 is 0. The second kappa shape index (κ2) is 5.54. The van der Waals surface area contributed by atoms with Gasteiger partial charge in [-0.25, -0.2) is 9.67 Å². The third-order valence-corrected chi connectivity index (χ3v) is 3.57. The monoisotopic (exact) mass is 281 g/mol. The van der Waals surface area contributed by atoms with E-state index >= 15 is 0 Å². The highest BCUT2D eigenvalue weighted by molar-refractivity contribution is 5.46. The Labute approximate surface area is 124 Å². The number of rotatable bonds is 4. The zero-order valence-electron chi connectivity index (χ0n) is 12.5. The van der Waals surface area contributed by atoms with Crippen molar-refractivity contribution < 1.29 is 0 Å². The molecule has 0 saturated carbocycles. The van der Waals surface area contributed by atoms with Crippen LogP contribution in [0.1, 0.15) is 17.1 Å². The van der Waals surface area contributed by atoms with E-state index in [0.29, 0.717) is 0 Å². The number of para-hydroxylation sites is 1. The predicted molar refractivity (Wildman–Crippen MR) is 82.9 cm³/mol. The zero-order valence-corrected chi connectivity index (χ0v) is 12.5. The number of hydrogen-bond acceptors (Lipinski definition) is 3. The van der Waals surface area contributed by atoms with Crippen LogP contribution in [-0.4, -0.2) is 26.4 Å². The average molecular weight is 281 g/mol. The zero-order chi connectivity index (χ0) is 14.8. The third kappa shape index (κ3) is 2.36. The van der Waals surface area contributed by atoms with Crippen LogP contribution >= 0.6 is 0 Å². The van der Waals surface area contributed by atoms with Gasteiger partial charge in [0, 0.05) is 24.5 Å². The molecule has 5 heteroatoms. The summed E-state index contributed by atoms with van der Waals surface area (Å²) in [5, 5.41) is 7.95. The van der Waals surface area contributed by atoms with Gasteiger partial charge >= 0.3 is 0 Å². The number of imidazole rings is 1. The predicted octanol–water partition coefficient (Wildman–Crippen LogP) is 2.39. The molecular weight excluding hydrogens is 262 g/mol.